The Balaban J connectivity index is 2.11. The van der Waals surface area contributed by atoms with Crippen molar-refractivity contribution in [3.8, 4) is 5.75 Å². The summed E-state index contributed by atoms with van der Waals surface area (Å²) in [5.41, 5.74) is -0.0640. The molecule has 1 aromatic carbocycles. The minimum atomic E-state index is -1.24. The minimum absolute atomic E-state index is 0.118. The maximum absolute atomic E-state index is 12.0. The van der Waals surface area contributed by atoms with Crippen LogP contribution in [0.5, 0.6) is 5.75 Å². The monoisotopic (exact) mass is 298 g/mol. The lowest BCUT2D eigenvalue weighted by molar-refractivity contribution is 0.0697. The van der Waals surface area contributed by atoms with E-state index in [2.05, 4.69) is 5.32 Å². The van der Waals surface area contributed by atoms with Crippen LogP contribution < -0.4 is 5.32 Å². The number of aromatic carboxylic acids is 1. The van der Waals surface area contributed by atoms with Crippen LogP contribution in [0, 0.1) is 0 Å². The summed E-state index contributed by atoms with van der Waals surface area (Å²) in [5, 5.41) is 20.8. The van der Waals surface area contributed by atoms with Crippen LogP contribution in [0.15, 0.2) is 18.2 Å². The van der Waals surface area contributed by atoms with E-state index in [1.807, 2.05) is 0 Å². The van der Waals surface area contributed by atoms with Crippen molar-refractivity contribution in [1.82, 2.24) is 4.90 Å². The molecule has 1 saturated heterocycles. The first-order valence-electron chi connectivity index (χ1n) is 5.94. The lowest BCUT2D eigenvalue weighted by Crippen LogP contribution is -2.44. The molecule has 108 valence electrons. The number of carbonyl (C=O) groups is 2. The molecular weight excluding hydrogens is 284 g/mol. The molecule has 0 spiro atoms. The van der Waals surface area contributed by atoms with Gasteiger partial charge in [-0.25, -0.2) is 9.59 Å². The van der Waals surface area contributed by atoms with Gasteiger partial charge in [0.15, 0.2) is 0 Å². The molecule has 1 aliphatic rings. The SMILES string of the molecule is O=C(O)c1cc(O)ccc1NC(=O)N1CCS(=O)CC1. The van der Waals surface area contributed by atoms with Gasteiger partial charge in [0.05, 0.1) is 11.3 Å². The molecule has 0 saturated carbocycles. The van der Waals surface area contributed by atoms with Crippen molar-refractivity contribution < 1.29 is 24.0 Å². The number of carboxylic acid groups (broad SMARTS) is 1. The second-order valence-corrected chi connectivity index (χ2v) is 6.00. The van der Waals surface area contributed by atoms with Gasteiger partial charge in [-0.3, -0.25) is 4.21 Å². The first-order valence-corrected chi connectivity index (χ1v) is 7.43. The summed E-state index contributed by atoms with van der Waals surface area (Å²) in [4.78, 5) is 24.5. The van der Waals surface area contributed by atoms with E-state index in [4.69, 9.17) is 5.11 Å². The van der Waals surface area contributed by atoms with Crippen LogP contribution in [-0.2, 0) is 10.8 Å². The Morgan fingerprint density at radius 2 is 1.90 bits per heavy atom. The van der Waals surface area contributed by atoms with Gasteiger partial charge in [0.2, 0.25) is 0 Å². The molecule has 8 heteroatoms. The summed E-state index contributed by atoms with van der Waals surface area (Å²) in [5.74, 6) is -0.575. The molecule has 7 nitrogen and oxygen atoms in total. The number of nitrogens with zero attached hydrogens (tertiary/aromatic N) is 1. The smallest absolute Gasteiger partial charge is 0.337 e. The van der Waals surface area contributed by atoms with Crippen molar-refractivity contribution in [2.24, 2.45) is 0 Å². The molecule has 0 aliphatic carbocycles. The van der Waals surface area contributed by atoms with Gasteiger partial charge in [0.25, 0.3) is 0 Å². The average molecular weight is 298 g/mol. The van der Waals surface area contributed by atoms with E-state index in [1.165, 1.54) is 17.0 Å². The molecular formula is C12H14N2O5S. The number of hydrogen-bond donors (Lipinski definition) is 3. The first kappa shape index (κ1) is 14.3. The second kappa shape index (κ2) is 5.91. The predicted octanol–water partition coefficient (Wildman–Crippen LogP) is 0.687. The Morgan fingerprint density at radius 3 is 2.50 bits per heavy atom. The Hall–Kier alpha value is -2.09. The van der Waals surface area contributed by atoms with Crippen molar-refractivity contribution in [2.75, 3.05) is 29.9 Å². The van der Waals surface area contributed by atoms with Crippen LogP contribution >= 0.6 is 0 Å². The standard InChI is InChI=1S/C12H14N2O5S/c15-8-1-2-10(9(7-8)11(16)17)13-12(18)14-3-5-20(19)6-4-14/h1-2,7,15H,3-6H2,(H,13,18)(H,16,17). The topological polar surface area (TPSA) is 107 Å². The van der Waals surface area contributed by atoms with Gasteiger partial charge in [0.1, 0.15) is 5.75 Å². The van der Waals surface area contributed by atoms with E-state index in [1.54, 1.807) is 0 Å². The fourth-order valence-corrected chi connectivity index (χ4v) is 2.91. The van der Waals surface area contributed by atoms with Crippen molar-refractivity contribution in [2.45, 2.75) is 0 Å². The number of benzene rings is 1. The van der Waals surface area contributed by atoms with Crippen LogP contribution in [0.4, 0.5) is 10.5 Å². The fraction of sp³-hybridized carbons (Fsp3) is 0.333. The average Bonchev–Trinajstić information content (AvgIpc) is 2.41. The van der Waals surface area contributed by atoms with Gasteiger partial charge < -0.3 is 20.4 Å². The normalized spacial score (nSPS) is 15.9. The summed E-state index contributed by atoms with van der Waals surface area (Å²) in [6.45, 7) is 0.748. The molecule has 1 fully saturated rings. The number of phenolic OH excluding ortho intramolecular Hbond substituents is 1. The third-order valence-corrected chi connectivity index (χ3v) is 4.22. The van der Waals surface area contributed by atoms with E-state index in [0.717, 1.165) is 6.07 Å². The Labute approximate surface area is 117 Å². The molecule has 1 heterocycles. The highest BCUT2D eigenvalue weighted by Gasteiger charge is 2.21. The number of hydrogen-bond acceptors (Lipinski definition) is 4. The molecule has 0 radical (unpaired) electrons. The Morgan fingerprint density at radius 1 is 1.25 bits per heavy atom. The Kier molecular flexibility index (Phi) is 4.23. The number of carboxylic acids is 1. The van der Waals surface area contributed by atoms with E-state index in [9.17, 15) is 18.9 Å². The number of rotatable bonds is 2. The molecule has 2 amide bonds. The maximum atomic E-state index is 12.0. The summed E-state index contributed by atoms with van der Waals surface area (Å²) < 4.78 is 11.2. The molecule has 3 N–H and O–H groups in total. The zero-order valence-electron chi connectivity index (χ0n) is 10.5. The highest BCUT2D eigenvalue weighted by atomic mass is 32.2. The molecule has 0 unspecified atom stereocenters. The summed E-state index contributed by atoms with van der Waals surface area (Å²) in [6, 6.07) is 3.27. The molecule has 0 aromatic heterocycles. The van der Waals surface area contributed by atoms with Crippen LogP contribution in [0.2, 0.25) is 0 Å². The van der Waals surface area contributed by atoms with Crippen LogP contribution in [0.1, 0.15) is 10.4 Å². The highest BCUT2D eigenvalue weighted by Crippen LogP contribution is 2.21. The number of amides is 2. The first-order chi connectivity index (χ1) is 9.47. The minimum Gasteiger partial charge on any atom is -0.508 e. The van der Waals surface area contributed by atoms with Crippen molar-refractivity contribution >= 4 is 28.5 Å². The van der Waals surface area contributed by atoms with Crippen LogP contribution in [-0.4, -0.2) is 55.9 Å². The van der Waals surface area contributed by atoms with Gasteiger partial charge in [-0.05, 0) is 18.2 Å². The van der Waals surface area contributed by atoms with Crippen LogP contribution in [0.25, 0.3) is 0 Å². The maximum Gasteiger partial charge on any atom is 0.337 e. The van der Waals surface area contributed by atoms with E-state index in [-0.39, 0.29) is 17.0 Å². The highest BCUT2D eigenvalue weighted by molar-refractivity contribution is 7.85. The van der Waals surface area contributed by atoms with Gasteiger partial charge >= 0.3 is 12.0 Å². The number of phenols is 1. The van der Waals surface area contributed by atoms with Gasteiger partial charge in [0, 0.05) is 35.4 Å². The van der Waals surface area contributed by atoms with E-state index < -0.39 is 22.8 Å². The largest absolute Gasteiger partial charge is 0.508 e. The zero-order valence-corrected chi connectivity index (χ0v) is 11.4. The summed E-state index contributed by atoms with van der Waals surface area (Å²) in [6.07, 6.45) is 0. The number of anilines is 1. The number of urea groups is 1. The lowest BCUT2D eigenvalue weighted by atomic mass is 10.1. The molecule has 2 rings (SSSR count). The zero-order chi connectivity index (χ0) is 14.7. The lowest BCUT2D eigenvalue weighted by Gasteiger charge is -2.26. The fourth-order valence-electron chi connectivity index (χ4n) is 1.85. The van der Waals surface area contributed by atoms with E-state index in [0.29, 0.717) is 24.6 Å². The molecule has 1 aromatic rings. The molecule has 0 atom stereocenters. The Bertz CT molecular complexity index is 565. The third kappa shape index (κ3) is 3.27. The third-order valence-electron chi connectivity index (χ3n) is 2.94. The van der Waals surface area contributed by atoms with Crippen molar-refractivity contribution in [3.05, 3.63) is 23.8 Å². The predicted molar refractivity (Wildman–Crippen MR) is 73.5 cm³/mol. The van der Waals surface area contributed by atoms with Crippen molar-refractivity contribution in [1.29, 1.82) is 0 Å². The summed E-state index contributed by atoms with van der Waals surface area (Å²) in [7, 11) is -0.888. The number of nitrogens with one attached hydrogen (secondary N) is 1. The van der Waals surface area contributed by atoms with Crippen LogP contribution in [0.3, 0.4) is 0 Å². The number of aromatic hydroxyl groups is 1. The van der Waals surface area contributed by atoms with Gasteiger partial charge in [-0.15, -0.1) is 0 Å². The summed E-state index contributed by atoms with van der Waals surface area (Å²) >= 11 is 0. The quantitative estimate of drug-likeness (QED) is 0.696. The van der Waals surface area contributed by atoms with Gasteiger partial charge in [-0.1, -0.05) is 0 Å². The molecule has 20 heavy (non-hydrogen) atoms. The number of carbonyl (C=O) groups excluding carboxylic acids is 1. The van der Waals surface area contributed by atoms with Gasteiger partial charge in [-0.2, -0.15) is 0 Å². The van der Waals surface area contributed by atoms with Crippen molar-refractivity contribution in [3.63, 3.8) is 0 Å². The van der Waals surface area contributed by atoms with E-state index >= 15 is 0 Å². The second-order valence-electron chi connectivity index (χ2n) is 4.30. The molecule has 0 bridgehead atoms. The molecule has 1 aliphatic heterocycles.